The van der Waals surface area contributed by atoms with Crippen LogP contribution in [-0.4, -0.2) is 32.7 Å². The van der Waals surface area contributed by atoms with Crippen molar-refractivity contribution in [3.8, 4) is 11.1 Å². The molecule has 0 aliphatic carbocycles. The monoisotopic (exact) mass is 381 g/mol. The van der Waals surface area contributed by atoms with E-state index < -0.39 is 0 Å². The quantitative estimate of drug-likeness (QED) is 0.559. The van der Waals surface area contributed by atoms with Gasteiger partial charge in [0, 0.05) is 18.2 Å². The Morgan fingerprint density at radius 1 is 1.07 bits per heavy atom. The smallest absolute Gasteiger partial charge is 0.251 e. The highest BCUT2D eigenvalue weighted by Crippen LogP contribution is 2.31. The van der Waals surface area contributed by atoms with E-state index in [1.165, 1.54) is 0 Å². The van der Waals surface area contributed by atoms with Gasteiger partial charge in [-0.25, -0.2) is 9.50 Å². The van der Waals surface area contributed by atoms with Crippen LogP contribution in [0.25, 0.3) is 27.8 Å². The lowest BCUT2D eigenvalue weighted by atomic mass is 9.94. The third-order valence-electron chi connectivity index (χ3n) is 5.18. The van der Waals surface area contributed by atoms with Crippen LogP contribution >= 0.6 is 12.4 Å². The SMILES string of the molecule is Cl.O=c1cc(C2CCNCC2)n2nc3nccc(-c4ccccc4)c3c2[nH]1. The second kappa shape index (κ2) is 7.13. The van der Waals surface area contributed by atoms with Crippen LogP contribution in [0.4, 0.5) is 0 Å². The number of aromatic amines is 1. The summed E-state index contributed by atoms with van der Waals surface area (Å²) in [6.45, 7) is 1.93. The fraction of sp³-hybridized carbons (Fsp3) is 0.250. The molecule has 5 rings (SSSR count). The summed E-state index contributed by atoms with van der Waals surface area (Å²) in [7, 11) is 0. The first kappa shape index (κ1) is 17.7. The first-order valence-corrected chi connectivity index (χ1v) is 8.98. The predicted molar refractivity (Wildman–Crippen MR) is 109 cm³/mol. The van der Waals surface area contributed by atoms with Crippen LogP contribution in [0.2, 0.25) is 0 Å². The predicted octanol–water partition coefficient (Wildman–Crippen LogP) is 3.13. The molecular weight excluding hydrogens is 362 g/mol. The number of H-pyrrole nitrogens is 1. The highest BCUT2D eigenvalue weighted by molar-refractivity contribution is 6.02. The molecule has 1 saturated heterocycles. The largest absolute Gasteiger partial charge is 0.317 e. The van der Waals surface area contributed by atoms with Crippen LogP contribution in [0.3, 0.4) is 0 Å². The Hall–Kier alpha value is -2.70. The highest BCUT2D eigenvalue weighted by Gasteiger charge is 2.22. The lowest BCUT2D eigenvalue weighted by Gasteiger charge is -2.23. The summed E-state index contributed by atoms with van der Waals surface area (Å²) in [5.41, 5.74) is 4.39. The van der Waals surface area contributed by atoms with Gasteiger partial charge in [0.15, 0.2) is 5.65 Å². The standard InChI is InChI=1S/C20H19N5O.ClH/c26-17-12-16(14-6-9-21-10-7-14)25-20(23-17)18-15(8-11-22-19(18)24-25)13-4-2-1-3-5-13;/h1-5,8,11-12,14,21H,6-7,9-10H2,(H,23,26);1H. The van der Waals surface area contributed by atoms with E-state index in [4.69, 9.17) is 5.10 Å². The first-order valence-electron chi connectivity index (χ1n) is 8.98. The van der Waals surface area contributed by atoms with Crippen molar-refractivity contribution in [2.24, 2.45) is 0 Å². The molecule has 0 unspecified atom stereocenters. The van der Waals surface area contributed by atoms with Gasteiger partial charge in [0.1, 0.15) is 5.65 Å². The third kappa shape index (κ3) is 3.01. The molecule has 1 fully saturated rings. The third-order valence-corrected chi connectivity index (χ3v) is 5.18. The van der Waals surface area contributed by atoms with Gasteiger partial charge in [-0.1, -0.05) is 30.3 Å². The summed E-state index contributed by atoms with van der Waals surface area (Å²) in [5, 5.41) is 9.00. The van der Waals surface area contributed by atoms with E-state index in [-0.39, 0.29) is 18.0 Å². The molecule has 27 heavy (non-hydrogen) atoms. The molecule has 6 nitrogen and oxygen atoms in total. The fourth-order valence-electron chi connectivity index (χ4n) is 3.93. The summed E-state index contributed by atoms with van der Waals surface area (Å²) in [5.74, 6) is 0.329. The zero-order valence-corrected chi connectivity index (χ0v) is 15.5. The number of hydrogen-bond acceptors (Lipinski definition) is 4. The molecule has 0 atom stereocenters. The Kier molecular flexibility index (Phi) is 4.68. The second-order valence-electron chi connectivity index (χ2n) is 6.77. The van der Waals surface area contributed by atoms with Crippen LogP contribution in [-0.2, 0) is 0 Å². The first-order chi connectivity index (χ1) is 12.8. The zero-order chi connectivity index (χ0) is 17.5. The Morgan fingerprint density at radius 3 is 2.63 bits per heavy atom. The molecule has 138 valence electrons. The van der Waals surface area contributed by atoms with Crippen molar-refractivity contribution in [1.82, 2.24) is 24.9 Å². The second-order valence-corrected chi connectivity index (χ2v) is 6.77. The molecule has 0 amide bonds. The van der Waals surface area contributed by atoms with Crippen LogP contribution in [0.15, 0.2) is 53.5 Å². The van der Waals surface area contributed by atoms with Crippen molar-refractivity contribution in [2.75, 3.05) is 13.1 Å². The van der Waals surface area contributed by atoms with Crippen molar-refractivity contribution in [1.29, 1.82) is 0 Å². The van der Waals surface area contributed by atoms with E-state index >= 15 is 0 Å². The van der Waals surface area contributed by atoms with E-state index in [0.29, 0.717) is 11.6 Å². The maximum atomic E-state index is 12.4. The van der Waals surface area contributed by atoms with Crippen LogP contribution in [0.5, 0.6) is 0 Å². The van der Waals surface area contributed by atoms with Crippen molar-refractivity contribution < 1.29 is 0 Å². The molecule has 1 aliphatic heterocycles. The molecular formula is C20H20ClN5O. The molecule has 4 aromatic rings. The molecule has 1 aromatic carbocycles. The minimum atomic E-state index is -0.0873. The van der Waals surface area contributed by atoms with Crippen molar-refractivity contribution in [2.45, 2.75) is 18.8 Å². The molecule has 0 radical (unpaired) electrons. The number of pyridine rings is 1. The van der Waals surface area contributed by atoms with Crippen molar-refractivity contribution in [3.63, 3.8) is 0 Å². The number of nitrogens with one attached hydrogen (secondary N) is 2. The van der Waals surface area contributed by atoms with E-state index in [2.05, 4.69) is 27.4 Å². The van der Waals surface area contributed by atoms with E-state index in [0.717, 1.165) is 53.8 Å². The normalized spacial score (nSPS) is 15.1. The van der Waals surface area contributed by atoms with Gasteiger partial charge >= 0.3 is 0 Å². The Labute approximate surface area is 162 Å². The van der Waals surface area contributed by atoms with Gasteiger partial charge in [-0.3, -0.25) is 4.79 Å². The summed E-state index contributed by atoms with van der Waals surface area (Å²) >= 11 is 0. The van der Waals surface area contributed by atoms with Gasteiger partial charge in [-0.15, -0.1) is 17.5 Å². The van der Waals surface area contributed by atoms with Gasteiger partial charge in [0.25, 0.3) is 5.56 Å². The van der Waals surface area contributed by atoms with Gasteiger partial charge in [0.05, 0.1) is 11.1 Å². The van der Waals surface area contributed by atoms with Crippen molar-refractivity contribution in [3.05, 3.63) is 64.7 Å². The summed E-state index contributed by atoms with van der Waals surface area (Å²) < 4.78 is 1.89. The maximum absolute atomic E-state index is 12.4. The van der Waals surface area contributed by atoms with Gasteiger partial charge in [-0.05, 0) is 43.1 Å². The number of hydrogen-bond donors (Lipinski definition) is 2. The molecule has 2 N–H and O–H groups in total. The Bertz CT molecular complexity index is 1150. The average Bonchev–Trinajstić information content (AvgIpc) is 3.07. The van der Waals surface area contributed by atoms with Crippen molar-refractivity contribution >= 4 is 29.1 Å². The molecule has 0 bridgehead atoms. The fourth-order valence-corrected chi connectivity index (χ4v) is 3.93. The number of nitrogens with zero attached hydrogens (tertiary/aromatic N) is 3. The van der Waals surface area contributed by atoms with Gasteiger partial charge in [-0.2, -0.15) is 0 Å². The molecule has 4 heterocycles. The minimum absolute atomic E-state index is 0. The number of fused-ring (bicyclic) bond motifs is 3. The topological polar surface area (TPSA) is 75.1 Å². The minimum Gasteiger partial charge on any atom is -0.317 e. The number of halogens is 1. The lowest BCUT2D eigenvalue weighted by Crippen LogP contribution is -2.28. The molecule has 1 aliphatic rings. The highest BCUT2D eigenvalue weighted by atomic mass is 35.5. The van der Waals surface area contributed by atoms with E-state index in [1.807, 2.05) is 28.8 Å². The maximum Gasteiger partial charge on any atom is 0.251 e. The molecule has 0 spiro atoms. The number of rotatable bonds is 2. The number of benzene rings is 1. The zero-order valence-electron chi connectivity index (χ0n) is 14.7. The molecule has 7 heteroatoms. The molecule has 3 aromatic heterocycles. The number of aromatic nitrogens is 4. The average molecular weight is 382 g/mol. The summed E-state index contributed by atoms with van der Waals surface area (Å²) in [6, 6.07) is 13.8. The van der Waals surface area contributed by atoms with E-state index in [1.54, 1.807) is 12.3 Å². The summed E-state index contributed by atoms with van der Waals surface area (Å²) in [6.07, 6.45) is 3.79. The summed E-state index contributed by atoms with van der Waals surface area (Å²) in [4.78, 5) is 19.8. The molecule has 0 saturated carbocycles. The van der Waals surface area contributed by atoms with Crippen LogP contribution in [0, 0.1) is 0 Å². The number of piperidine rings is 1. The van der Waals surface area contributed by atoms with E-state index in [9.17, 15) is 4.79 Å². The Balaban J connectivity index is 0.00000180. The van der Waals surface area contributed by atoms with Crippen LogP contribution < -0.4 is 10.9 Å². The lowest BCUT2D eigenvalue weighted by molar-refractivity contribution is 0.446. The Morgan fingerprint density at radius 2 is 1.85 bits per heavy atom. The van der Waals surface area contributed by atoms with Gasteiger partial charge < -0.3 is 10.3 Å². The van der Waals surface area contributed by atoms with Gasteiger partial charge in [0.2, 0.25) is 0 Å². The van der Waals surface area contributed by atoms with Crippen LogP contribution in [0.1, 0.15) is 24.5 Å².